The predicted molar refractivity (Wildman–Crippen MR) is 75.9 cm³/mol. The molecule has 0 aromatic rings. The maximum absolute atomic E-state index is 12.3. The maximum Gasteiger partial charge on any atom is 0.327 e. The first-order chi connectivity index (χ1) is 8.73. The molecule has 1 N–H and O–H groups in total. The molecule has 0 bridgehead atoms. The molecule has 0 aromatic heterocycles. The van der Waals surface area contributed by atoms with E-state index >= 15 is 0 Å². The number of carbonyl (C=O) groups excluding carboxylic acids is 1. The van der Waals surface area contributed by atoms with E-state index in [1.807, 2.05) is 25.7 Å². The molecule has 0 radical (unpaired) electrons. The van der Waals surface area contributed by atoms with Gasteiger partial charge in [-0.25, -0.2) is 0 Å². The highest BCUT2D eigenvalue weighted by Crippen LogP contribution is 2.43. The molecule has 0 saturated heterocycles. The molecule has 104 valence electrons. The van der Waals surface area contributed by atoms with Crippen LogP contribution in [0.4, 0.5) is 0 Å². The molecule has 0 aliphatic heterocycles. The minimum absolute atomic E-state index is 0.0412. The summed E-state index contributed by atoms with van der Waals surface area (Å²) in [5.74, 6) is 1.31. The second-order valence-corrected chi connectivity index (χ2v) is 6.72. The molecule has 0 spiro atoms. The largest absolute Gasteiger partial charge is 0.465 e. The Bertz CT molecular complexity index is 288. The van der Waals surface area contributed by atoms with Crippen LogP contribution in [0.25, 0.3) is 0 Å². The molecular weight excluding hydrogens is 246 g/mol. The highest BCUT2D eigenvalue weighted by molar-refractivity contribution is 8.00. The molecule has 2 aliphatic rings. The van der Waals surface area contributed by atoms with E-state index in [1.165, 1.54) is 25.7 Å². The van der Waals surface area contributed by atoms with Crippen molar-refractivity contribution in [3.8, 4) is 0 Å². The predicted octanol–water partition coefficient (Wildman–Crippen LogP) is 2.59. The third-order valence-electron chi connectivity index (χ3n) is 4.21. The van der Waals surface area contributed by atoms with Gasteiger partial charge in [-0.15, -0.1) is 0 Å². The lowest BCUT2D eigenvalue weighted by atomic mass is 9.96. The van der Waals surface area contributed by atoms with Crippen LogP contribution in [0, 0.1) is 5.92 Å². The van der Waals surface area contributed by atoms with E-state index in [0.29, 0.717) is 12.5 Å². The van der Waals surface area contributed by atoms with Gasteiger partial charge >= 0.3 is 5.97 Å². The maximum atomic E-state index is 12.3. The van der Waals surface area contributed by atoms with Crippen LogP contribution in [-0.2, 0) is 9.53 Å². The Labute approximate surface area is 114 Å². The number of hydrogen-bond donors (Lipinski definition) is 1. The van der Waals surface area contributed by atoms with Gasteiger partial charge < -0.3 is 10.1 Å². The van der Waals surface area contributed by atoms with Crippen LogP contribution in [0.3, 0.4) is 0 Å². The van der Waals surface area contributed by atoms with Crippen molar-refractivity contribution in [2.24, 2.45) is 5.92 Å². The van der Waals surface area contributed by atoms with E-state index in [9.17, 15) is 4.79 Å². The lowest BCUT2D eigenvalue weighted by molar-refractivity contribution is -0.150. The lowest BCUT2D eigenvalue weighted by Gasteiger charge is -2.31. The number of rotatable bonds is 7. The monoisotopic (exact) mass is 271 g/mol. The van der Waals surface area contributed by atoms with Crippen molar-refractivity contribution in [1.29, 1.82) is 0 Å². The topological polar surface area (TPSA) is 38.3 Å². The summed E-state index contributed by atoms with van der Waals surface area (Å²) in [5, 5.41) is 4.05. The average molecular weight is 271 g/mol. The Kier molecular flexibility index (Phi) is 4.96. The van der Waals surface area contributed by atoms with Gasteiger partial charge in [0.25, 0.3) is 0 Å². The van der Waals surface area contributed by atoms with Gasteiger partial charge in [0, 0.05) is 11.0 Å². The summed E-state index contributed by atoms with van der Waals surface area (Å²) in [7, 11) is 1.91. The van der Waals surface area contributed by atoms with Gasteiger partial charge in [-0.1, -0.05) is 12.8 Å². The summed E-state index contributed by atoms with van der Waals surface area (Å²) in [6.07, 6.45) is 7.66. The van der Waals surface area contributed by atoms with Crippen LogP contribution in [0.5, 0.6) is 0 Å². The quantitative estimate of drug-likeness (QED) is 0.722. The first-order valence-corrected chi connectivity index (χ1v) is 8.25. The summed E-state index contributed by atoms with van der Waals surface area (Å²) >= 11 is 1.97. The normalized spacial score (nSPS) is 23.9. The van der Waals surface area contributed by atoms with Crippen molar-refractivity contribution >= 4 is 17.7 Å². The Morgan fingerprint density at radius 3 is 2.50 bits per heavy atom. The van der Waals surface area contributed by atoms with Gasteiger partial charge in [-0.3, -0.25) is 4.79 Å². The van der Waals surface area contributed by atoms with Gasteiger partial charge in [0.15, 0.2) is 0 Å². The molecule has 4 heteroatoms. The Balaban J connectivity index is 1.96. The third-order valence-corrected chi connectivity index (χ3v) is 5.77. The number of ether oxygens (including phenoxy) is 1. The highest BCUT2D eigenvalue weighted by Gasteiger charge is 2.51. The summed E-state index contributed by atoms with van der Waals surface area (Å²) in [6.45, 7) is 2.36. The fourth-order valence-electron chi connectivity index (χ4n) is 2.86. The molecule has 18 heavy (non-hydrogen) atoms. The minimum atomic E-state index is -0.427. The number of likely N-dealkylation sites (N-methyl/N-ethyl adjacent to an activating group) is 1. The van der Waals surface area contributed by atoms with Crippen molar-refractivity contribution in [1.82, 2.24) is 5.32 Å². The van der Waals surface area contributed by atoms with Crippen LogP contribution in [0.2, 0.25) is 0 Å². The van der Waals surface area contributed by atoms with E-state index in [4.69, 9.17) is 4.74 Å². The summed E-state index contributed by atoms with van der Waals surface area (Å²) in [5.41, 5.74) is -0.427. The number of thioether (sulfide) groups is 1. The van der Waals surface area contributed by atoms with Gasteiger partial charge in [0.05, 0.1) is 6.61 Å². The average Bonchev–Trinajstić information content (AvgIpc) is 3.08. The smallest absolute Gasteiger partial charge is 0.327 e. The number of hydrogen-bond acceptors (Lipinski definition) is 4. The third kappa shape index (κ3) is 3.02. The summed E-state index contributed by atoms with van der Waals surface area (Å²) < 4.78 is 5.30. The van der Waals surface area contributed by atoms with Crippen molar-refractivity contribution in [2.45, 2.75) is 56.2 Å². The Morgan fingerprint density at radius 1 is 1.33 bits per heavy atom. The molecule has 0 amide bonds. The second-order valence-electron chi connectivity index (χ2n) is 5.43. The van der Waals surface area contributed by atoms with Crippen molar-refractivity contribution < 1.29 is 9.53 Å². The van der Waals surface area contributed by atoms with E-state index in [0.717, 1.165) is 23.8 Å². The molecule has 2 rings (SSSR count). The molecule has 0 heterocycles. The fourth-order valence-corrected chi connectivity index (χ4v) is 4.53. The molecule has 1 atom stereocenters. The van der Waals surface area contributed by atoms with Crippen molar-refractivity contribution in [2.75, 3.05) is 19.4 Å². The van der Waals surface area contributed by atoms with Gasteiger partial charge in [-0.2, -0.15) is 11.8 Å². The van der Waals surface area contributed by atoms with E-state index in [-0.39, 0.29) is 5.97 Å². The number of carbonyl (C=O) groups is 1. The SMILES string of the molecule is CCOC(=O)C(CSC1CCCC1)(NC)C1CC1. The molecule has 2 aliphatic carbocycles. The van der Waals surface area contributed by atoms with Gasteiger partial charge in [-0.05, 0) is 45.6 Å². The Morgan fingerprint density at radius 2 is 2.00 bits per heavy atom. The minimum Gasteiger partial charge on any atom is -0.465 e. The summed E-state index contributed by atoms with van der Waals surface area (Å²) in [4.78, 5) is 12.3. The van der Waals surface area contributed by atoms with Crippen molar-refractivity contribution in [3.05, 3.63) is 0 Å². The first kappa shape index (κ1) is 14.2. The van der Waals surface area contributed by atoms with E-state index in [1.54, 1.807) is 0 Å². The van der Waals surface area contributed by atoms with Gasteiger partial charge in [0.1, 0.15) is 5.54 Å². The number of nitrogens with one attached hydrogen (secondary N) is 1. The van der Waals surface area contributed by atoms with Gasteiger partial charge in [0.2, 0.25) is 0 Å². The second kappa shape index (κ2) is 6.29. The molecule has 2 fully saturated rings. The number of esters is 1. The van der Waals surface area contributed by atoms with Crippen LogP contribution < -0.4 is 5.32 Å². The lowest BCUT2D eigenvalue weighted by Crippen LogP contribution is -2.55. The zero-order chi connectivity index (χ0) is 13.0. The fraction of sp³-hybridized carbons (Fsp3) is 0.929. The van der Waals surface area contributed by atoms with Crippen LogP contribution in [-0.4, -0.2) is 36.2 Å². The van der Waals surface area contributed by atoms with E-state index in [2.05, 4.69) is 5.32 Å². The van der Waals surface area contributed by atoms with Crippen LogP contribution in [0.15, 0.2) is 0 Å². The zero-order valence-electron chi connectivity index (χ0n) is 11.5. The standard InChI is InChI=1S/C14H25NO2S/c1-3-17-13(16)14(15-2,11-8-9-11)10-18-12-6-4-5-7-12/h11-12,15H,3-10H2,1-2H3. The molecule has 2 saturated carbocycles. The van der Waals surface area contributed by atoms with Crippen molar-refractivity contribution in [3.63, 3.8) is 0 Å². The van der Waals surface area contributed by atoms with Crippen LogP contribution >= 0.6 is 11.8 Å². The first-order valence-electron chi connectivity index (χ1n) is 7.20. The molecule has 0 aromatic carbocycles. The summed E-state index contributed by atoms with van der Waals surface area (Å²) in [6, 6.07) is 0. The van der Waals surface area contributed by atoms with E-state index < -0.39 is 5.54 Å². The molecule has 1 unspecified atom stereocenters. The highest BCUT2D eigenvalue weighted by atomic mass is 32.2. The molecular formula is C14H25NO2S. The Hall–Kier alpha value is -0.220. The van der Waals surface area contributed by atoms with Crippen LogP contribution in [0.1, 0.15) is 45.4 Å². The zero-order valence-corrected chi connectivity index (χ0v) is 12.4. The molecule has 3 nitrogen and oxygen atoms in total.